The minimum absolute atomic E-state index is 0.0660. The Morgan fingerprint density at radius 3 is 2.52 bits per heavy atom. The van der Waals surface area contributed by atoms with Crippen LogP contribution in [0.5, 0.6) is 0 Å². The van der Waals surface area contributed by atoms with E-state index in [-0.39, 0.29) is 11.9 Å². The van der Waals surface area contributed by atoms with Crippen molar-refractivity contribution in [3.05, 3.63) is 70.2 Å². The van der Waals surface area contributed by atoms with Gasteiger partial charge < -0.3 is 5.32 Å². The normalized spacial score (nSPS) is 13.3. The summed E-state index contributed by atoms with van der Waals surface area (Å²) in [6, 6.07) is 14.7. The van der Waals surface area contributed by atoms with E-state index in [0.29, 0.717) is 16.3 Å². The van der Waals surface area contributed by atoms with E-state index in [9.17, 15) is 9.00 Å². The zero-order valence-corrected chi connectivity index (χ0v) is 14.8. The molecule has 122 valence electrons. The van der Waals surface area contributed by atoms with Crippen molar-refractivity contribution in [2.75, 3.05) is 6.26 Å². The van der Waals surface area contributed by atoms with Crippen LogP contribution in [-0.2, 0) is 16.6 Å². The molecule has 0 heterocycles. The molecule has 23 heavy (non-hydrogen) atoms. The first kappa shape index (κ1) is 17.7. The molecule has 2 unspecified atom stereocenters. The first-order valence-electron chi connectivity index (χ1n) is 7.45. The summed E-state index contributed by atoms with van der Waals surface area (Å²) in [5.74, 6) is 0.325. The summed E-state index contributed by atoms with van der Waals surface area (Å²) in [5.41, 5.74) is 2.51. The van der Waals surface area contributed by atoms with Crippen LogP contribution in [0.4, 0.5) is 0 Å². The van der Waals surface area contributed by atoms with Gasteiger partial charge in [0, 0.05) is 33.4 Å². The van der Waals surface area contributed by atoms with Gasteiger partial charge in [-0.15, -0.1) is 0 Å². The first-order valence-corrected chi connectivity index (χ1v) is 9.55. The fourth-order valence-electron chi connectivity index (χ4n) is 2.39. The second-order valence-corrected chi connectivity index (χ2v) is 7.28. The van der Waals surface area contributed by atoms with Gasteiger partial charge in [0.1, 0.15) is 0 Å². The highest BCUT2D eigenvalue weighted by atomic mass is 35.5. The average Bonchev–Trinajstić information content (AvgIpc) is 2.53. The number of rotatable bonds is 6. The van der Waals surface area contributed by atoms with E-state index < -0.39 is 10.8 Å². The standard InChI is InChI=1S/C18H20ClNO2S/c1-3-17(14-7-9-16(19)10-8-14)20-18(21)15-6-4-5-13(11-15)12-23(2)22/h4-11,17H,3,12H2,1-2H3,(H,20,21). The molecule has 0 saturated carbocycles. The van der Waals surface area contributed by atoms with Crippen molar-refractivity contribution in [2.45, 2.75) is 25.1 Å². The van der Waals surface area contributed by atoms with Gasteiger partial charge in [0.15, 0.2) is 0 Å². The highest BCUT2D eigenvalue weighted by molar-refractivity contribution is 7.83. The average molecular weight is 350 g/mol. The van der Waals surface area contributed by atoms with E-state index in [1.807, 2.05) is 43.3 Å². The third-order valence-electron chi connectivity index (χ3n) is 3.55. The Kier molecular flexibility index (Phi) is 6.37. The van der Waals surface area contributed by atoms with Crippen molar-refractivity contribution in [3.63, 3.8) is 0 Å². The molecular weight excluding hydrogens is 330 g/mol. The Hall–Kier alpha value is -1.65. The summed E-state index contributed by atoms with van der Waals surface area (Å²) >= 11 is 5.91. The van der Waals surface area contributed by atoms with Crippen LogP contribution in [0.3, 0.4) is 0 Å². The number of hydrogen-bond donors (Lipinski definition) is 1. The predicted molar refractivity (Wildman–Crippen MR) is 96.2 cm³/mol. The maximum Gasteiger partial charge on any atom is 0.251 e. The molecule has 2 atom stereocenters. The summed E-state index contributed by atoms with van der Waals surface area (Å²) < 4.78 is 11.3. The third kappa shape index (κ3) is 5.19. The number of hydrogen-bond acceptors (Lipinski definition) is 2. The second kappa shape index (κ2) is 8.27. The van der Waals surface area contributed by atoms with E-state index in [0.717, 1.165) is 17.5 Å². The molecule has 5 heteroatoms. The number of nitrogens with one attached hydrogen (secondary N) is 1. The van der Waals surface area contributed by atoms with Gasteiger partial charge in [-0.05, 0) is 41.8 Å². The van der Waals surface area contributed by atoms with Crippen LogP contribution in [0.1, 0.15) is 40.9 Å². The van der Waals surface area contributed by atoms with Crippen LogP contribution in [0.2, 0.25) is 5.02 Å². The van der Waals surface area contributed by atoms with Crippen molar-refractivity contribution in [2.24, 2.45) is 0 Å². The zero-order valence-electron chi connectivity index (χ0n) is 13.2. The molecule has 0 radical (unpaired) electrons. The molecule has 1 N–H and O–H groups in total. The van der Waals surface area contributed by atoms with Crippen LogP contribution in [0, 0.1) is 0 Å². The Labute approximate surface area is 144 Å². The van der Waals surface area contributed by atoms with Crippen molar-refractivity contribution in [1.82, 2.24) is 5.32 Å². The van der Waals surface area contributed by atoms with Gasteiger partial charge in [0.05, 0.1) is 6.04 Å². The molecule has 0 bridgehead atoms. The molecule has 0 aromatic heterocycles. The molecule has 2 aromatic carbocycles. The molecule has 2 rings (SSSR count). The molecule has 0 aliphatic carbocycles. The maximum absolute atomic E-state index is 12.5. The Balaban J connectivity index is 2.13. The number of carbonyl (C=O) groups excluding carboxylic acids is 1. The van der Waals surface area contributed by atoms with Crippen molar-refractivity contribution < 1.29 is 9.00 Å². The SMILES string of the molecule is CCC(NC(=O)c1cccc(CS(C)=O)c1)c1ccc(Cl)cc1. The quantitative estimate of drug-likeness (QED) is 0.853. The van der Waals surface area contributed by atoms with E-state index in [2.05, 4.69) is 5.32 Å². The topological polar surface area (TPSA) is 46.2 Å². The van der Waals surface area contributed by atoms with E-state index in [1.165, 1.54) is 0 Å². The van der Waals surface area contributed by atoms with E-state index >= 15 is 0 Å². The third-order valence-corrected chi connectivity index (χ3v) is 4.54. The fourth-order valence-corrected chi connectivity index (χ4v) is 3.17. The van der Waals surface area contributed by atoms with Crippen molar-refractivity contribution in [1.29, 1.82) is 0 Å². The Morgan fingerprint density at radius 2 is 1.91 bits per heavy atom. The zero-order chi connectivity index (χ0) is 16.8. The van der Waals surface area contributed by atoms with Gasteiger partial charge in [0.25, 0.3) is 5.91 Å². The number of benzene rings is 2. The van der Waals surface area contributed by atoms with Crippen LogP contribution in [0.15, 0.2) is 48.5 Å². The van der Waals surface area contributed by atoms with Gasteiger partial charge in [-0.25, -0.2) is 0 Å². The Bertz CT molecular complexity index is 700. The summed E-state index contributed by atoms with van der Waals surface area (Å²) in [7, 11) is -0.927. The molecule has 3 nitrogen and oxygen atoms in total. The Morgan fingerprint density at radius 1 is 1.22 bits per heavy atom. The first-order chi connectivity index (χ1) is 11.0. The highest BCUT2D eigenvalue weighted by Crippen LogP contribution is 2.20. The van der Waals surface area contributed by atoms with Gasteiger partial charge in [-0.1, -0.05) is 42.8 Å². The number of amides is 1. The lowest BCUT2D eigenvalue weighted by molar-refractivity contribution is 0.0935. The molecular formula is C18H20ClNO2S. The molecule has 0 spiro atoms. The monoisotopic (exact) mass is 349 g/mol. The highest BCUT2D eigenvalue weighted by Gasteiger charge is 2.14. The van der Waals surface area contributed by atoms with Gasteiger partial charge in [-0.3, -0.25) is 9.00 Å². The van der Waals surface area contributed by atoms with Crippen molar-refractivity contribution >= 4 is 28.3 Å². The fraction of sp³-hybridized carbons (Fsp3) is 0.278. The van der Waals surface area contributed by atoms with E-state index in [1.54, 1.807) is 18.4 Å². The summed E-state index contributed by atoms with van der Waals surface area (Å²) in [6.45, 7) is 2.02. The van der Waals surface area contributed by atoms with Crippen molar-refractivity contribution in [3.8, 4) is 0 Å². The van der Waals surface area contributed by atoms with Gasteiger partial charge >= 0.3 is 0 Å². The van der Waals surface area contributed by atoms with E-state index in [4.69, 9.17) is 11.6 Å². The molecule has 0 aliphatic rings. The van der Waals surface area contributed by atoms with Crippen LogP contribution >= 0.6 is 11.6 Å². The lowest BCUT2D eigenvalue weighted by Gasteiger charge is -2.18. The molecule has 2 aromatic rings. The maximum atomic E-state index is 12.5. The summed E-state index contributed by atoms with van der Waals surface area (Å²) in [6.07, 6.45) is 2.44. The van der Waals surface area contributed by atoms with Gasteiger partial charge in [-0.2, -0.15) is 0 Å². The minimum atomic E-state index is -0.927. The number of halogens is 1. The van der Waals surface area contributed by atoms with Crippen LogP contribution in [0.25, 0.3) is 0 Å². The molecule has 1 amide bonds. The van der Waals surface area contributed by atoms with Crippen LogP contribution < -0.4 is 5.32 Å². The largest absolute Gasteiger partial charge is 0.345 e. The number of carbonyl (C=O) groups is 1. The molecule has 0 saturated heterocycles. The summed E-state index contributed by atoms with van der Waals surface area (Å²) in [5, 5.41) is 3.72. The summed E-state index contributed by atoms with van der Waals surface area (Å²) in [4.78, 5) is 12.5. The van der Waals surface area contributed by atoms with Crippen LogP contribution in [-0.4, -0.2) is 16.4 Å². The van der Waals surface area contributed by atoms with Gasteiger partial charge in [0.2, 0.25) is 0 Å². The molecule has 0 fully saturated rings. The minimum Gasteiger partial charge on any atom is -0.345 e. The second-order valence-electron chi connectivity index (χ2n) is 5.40. The lowest BCUT2D eigenvalue weighted by Crippen LogP contribution is -2.28. The predicted octanol–water partition coefficient (Wildman–Crippen LogP) is 4.10. The lowest BCUT2D eigenvalue weighted by atomic mass is 10.0. The molecule has 0 aliphatic heterocycles. The smallest absolute Gasteiger partial charge is 0.251 e.